The zero-order valence-corrected chi connectivity index (χ0v) is 11.3. The molecule has 1 amide bonds. The van der Waals surface area contributed by atoms with Gasteiger partial charge in [-0.25, -0.2) is 4.57 Å². The Morgan fingerprint density at radius 1 is 1.71 bits per heavy atom. The summed E-state index contributed by atoms with van der Waals surface area (Å²) in [6.07, 6.45) is -1.42. The van der Waals surface area contributed by atoms with Gasteiger partial charge in [0.1, 0.15) is 18.4 Å². The van der Waals surface area contributed by atoms with Gasteiger partial charge in [0.25, 0.3) is 0 Å². The minimum atomic E-state index is -3.89. The van der Waals surface area contributed by atoms with Gasteiger partial charge in [0.2, 0.25) is 5.91 Å². The Kier molecular flexibility index (Phi) is 5.43. The van der Waals surface area contributed by atoms with Gasteiger partial charge in [-0.1, -0.05) is 12.2 Å². The monoisotopic (exact) mass is 285 g/mol. The summed E-state index contributed by atoms with van der Waals surface area (Å²) in [5.41, 5.74) is 0. The van der Waals surface area contributed by atoms with Crippen molar-refractivity contribution in [1.29, 1.82) is 0 Å². The first-order chi connectivity index (χ1) is 7.81. The maximum Gasteiger partial charge on any atom is 0.383 e. The molecule has 0 bridgehead atoms. The second kappa shape index (κ2) is 6.17. The van der Waals surface area contributed by atoms with E-state index in [4.69, 9.17) is 18.9 Å². The van der Waals surface area contributed by atoms with Gasteiger partial charge in [0.05, 0.1) is 6.61 Å². The van der Waals surface area contributed by atoms with Crippen molar-refractivity contribution in [3.63, 3.8) is 0 Å². The SMILES string of the molecule is COC[C@H]1O[C@@H](NC(C)=O)C[C@@H]1OP(=O)(O)S. The molecule has 1 unspecified atom stereocenters. The zero-order valence-electron chi connectivity index (χ0n) is 9.53. The van der Waals surface area contributed by atoms with Crippen LogP contribution in [0.2, 0.25) is 0 Å². The number of amides is 1. The minimum absolute atomic E-state index is 0.203. The predicted molar refractivity (Wildman–Crippen MR) is 62.7 cm³/mol. The van der Waals surface area contributed by atoms with Crippen LogP contribution in [0.1, 0.15) is 13.3 Å². The number of nitrogens with one attached hydrogen (secondary N) is 1. The van der Waals surface area contributed by atoms with E-state index in [1.54, 1.807) is 0 Å². The van der Waals surface area contributed by atoms with Gasteiger partial charge in [-0.2, -0.15) is 0 Å². The molecule has 1 saturated heterocycles. The molecule has 9 heteroatoms. The molecule has 17 heavy (non-hydrogen) atoms. The fourth-order valence-corrected chi connectivity index (χ4v) is 2.57. The number of thiol groups is 1. The average Bonchev–Trinajstić information content (AvgIpc) is 2.44. The Balaban J connectivity index is 2.60. The van der Waals surface area contributed by atoms with E-state index in [9.17, 15) is 9.36 Å². The molecule has 0 aromatic carbocycles. The van der Waals surface area contributed by atoms with Crippen LogP contribution in [-0.2, 0) is 23.4 Å². The van der Waals surface area contributed by atoms with Gasteiger partial charge in [-0.05, 0) is 0 Å². The number of rotatable bonds is 5. The standard InChI is InChI=1S/C8H16NO6PS/c1-5(10)9-8-3-6(15-16(11,12)17)7(14-8)4-13-2/h6-8H,3-4H2,1-2H3,(H,9,10)(H2,11,12,17)/t6-,7+,8+/m0/s1. The first kappa shape index (κ1) is 14.9. The van der Waals surface area contributed by atoms with Crippen molar-refractivity contribution in [3.05, 3.63) is 0 Å². The van der Waals surface area contributed by atoms with E-state index in [0.717, 1.165) is 0 Å². The van der Waals surface area contributed by atoms with E-state index in [1.165, 1.54) is 14.0 Å². The summed E-state index contributed by atoms with van der Waals surface area (Å²) in [4.78, 5) is 19.9. The van der Waals surface area contributed by atoms with E-state index < -0.39 is 25.2 Å². The molecule has 2 N–H and O–H groups in total. The summed E-state index contributed by atoms with van der Waals surface area (Å²) in [5, 5.41) is 2.55. The molecule has 7 nitrogen and oxygen atoms in total. The molecular formula is C8H16NO6PS. The fraction of sp³-hybridized carbons (Fsp3) is 0.875. The summed E-state index contributed by atoms with van der Waals surface area (Å²) in [5.74, 6) is -0.245. The van der Waals surface area contributed by atoms with Crippen LogP contribution in [0.5, 0.6) is 0 Å². The first-order valence-electron chi connectivity index (χ1n) is 4.97. The van der Waals surface area contributed by atoms with Crippen molar-refractivity contribution in [1.82, 2.24) is 5.32 Å². The third-order valence-electron chi connectivity index (χ3n) is 2.17. The number of hydrogen-bond donors (Lipinski definition) is 3. The molecule has 1 fully saturated rings. The predicted octanol–water partition coefficient (Wildman–Crippen LogP) is 0.299. The lowest BCUT2D eigenvalue weighted by atomic mass is 10.2. The number of carbonyl (C=O) groups is 1. The molecule has 1 aliphatic rings. The molecular weight excluding hydrogens is 269 g/mol. The molecule has 0 saturated carbocycles. The highest BCUT2D eigenvalue weighted by Gasteiger charge is 2.39. The maximum atomic E-state index is 11.1. The van der Waals surface area contributed by atoms with Gasteiger partial charge in [-0.3, -0.25) is 9.32 Å². The molecule has 0 aromatic heterocycles. The minimum Gasteiger partial charge on any atom is -0.382 e. The van der Waals surface area contributed by atoms with E-state index in [-0.39, 0.29) is 18.9 Å². The second-order valence-electron chi connectivity index (χ2n) is 3.69. The molecule has 4 atom stereocenters. The van der Waals surface area contributed by atoms with Crippen LogP contribution < -0.4 is 5.32 Å². The highest BCUT2D eigenvalue weighted by atomic mass is 32.7. The summed E-state index contributed by atoms with van der Waals surface area (Å²) in [6.45, 7) is -2.33. The van der Waals surface area contributed by atoms with Crippen LogP contribution in [0, 0.1) is 0 Å². The third-order valence-corrected chi connectivity index (χ3v) is 3.00. The van der Waals surface area contributed by atoms with E-state index >= 15 is 0 Å². The normalized spacial score (nSPS) is 32.1. The molecule has 1 rings (SSSR count). The van der Waals surface area contributed by atoms with Gasteiger partial charge in [0, 0.05) is 20.5 Å². The third kappa shape index (κ3) is 5.37. The lowest BCUT2D eigenvalue weighted by Gasteiger charge is -2.18. The lowest BCUT2D eigenvalue weighted by Crippen LogP contribution is -2.33. The average molecular weight is 285 g/mol. The summed E-state index contributed by atoms with van der Waals surface area (Å²) in [6, 6.07) is 0. The molecule has 0 aromatic rings. The van der Waals surface area contributed by atoms with Gasteiger partial charge in [0.15, 0.2) is 0 Å². The van der Waals surface area contributed by atoms with E-state index in [2.05, 4.69) is 17.6 Å². The first-order valence-corrected chi connectivity index (χ1v) is 7.70. The summed E-state index contributed by atoms with van der Waals surface area (Å²) in [7, 11) is 1.48. The largest absolute Gasteiger partial charge is 0.383 e. The fourth-order valence-electron chi connectivity index (χ4n) is 1.63. The van der Waals surface area contributed by atoms with Crippen LogP contribution >= 0.6 is 19.0 Å². The second-order valence-corrected chi connectivity index (χ2v) is 6.40. The van der Waals surface area contributed by atoms with Crippen molar-refractivity contribution in [2.24, 2.45) is 0 Å². The Labute approximate surface area is 105 Å². The van der Waals surface area contributed by atoms with Crippen molar-refractivity contribution >= 4 is 25.0 Å². The van der Waals surface area contributed by atoms with Crippen LogP contribution in [0.3, 0.4) is 0 Å². The quantitative estimate of drug-likeness (QED) is 0.497. The van der Waals surface area contributed by atoms with Crippen LogP contribution in [0.15, 0.2) is 0 Å². The Morgan fingerprint density at radius 3 is 2.82 bits per heavy atom. The van der Waals surface area contributed by atoms with Crippen molar-refractivity contribution in [3.8, 4) is 0 Å². The van der Waals surface area contributed by atoms with Crippen molar-refractivity contribution < 1.29 is 28.3 Å². The Morgan fingerprint density at radius 2 is 2.35 bits per heavy atom. The van der Waals surface area contributed by atoms with Gasteiger partial charge < -0.3 is 19.7 Å². The van der Waals surface area contributed by atoms with Gasteiger partial charge >= 0.3 is 6.80 Å². The number of ether oxygens (including phenoxy) is 2. The summed E-state index contributed by atoms with van der Waals surface area (Å²) >= 11 is 3.44. The summed E-state index contributed by atoms with van der Waals surface area (Å²) < 4.78 is 26.3. The van der Waals surface area contributed by atoms with Crippen LogP contribution in [0.4, 0.5) is 0 Å². The number of hydrogen-bond acceptors (Lipinski definition) is 5. The molecule has 100 valence electrons. The van der Waals surface area contributed by atoms with Crippen molar-refractivity contribution in [2.45, 2.75) is 31.8 Å². The number of methoxy groups -OCH3 is 1. The topological polar surface area (TPSA) is 94.1 Å². The maximum absolute atomic E-state index is 11.1. The van der Waals surface area contributed by atoms with Crippen molar-refractivity contribution in [2.75, 3.05) is 13.7 Å². The molecule has 0 spiro atoms. The zero-order chi connectivity index (χ0) is 13.1. The Hall–Kier alpha value is -0.110. The Bertz CT molecular complexity index is 321. The highest BCUT2D eigenvalue weighted by Crippen LogP contribution is 2.50. The molecule has 0 aliphatic carbocycles. The smallest absolute Gasteiger partial charge is 0.382 e. The molecule has 0 radical (unpaired) electrons. The van der Waals surface area contributed by atoms with Gasteiger partial charge in [-0.15, -0.1) is 0 Å². The van der Waals surface area contributed by atoms with Crippen LogP contribution in [-0.4, -0.2) is 43.0 Å². The van der Waals surface area contributed by atoms with E-state index in [0.29, 0.717) is 0 Å². The highest BCUT2D eigenvalue weighted by molar-refractivity contribution is 8.44. The molecule has 1 heterocycles. The van der Waals surface area contributed by atoms with E-state index in [1.807, 2.05) is 0 Å². The molecule has 1 aliphatic heterocycles. The lowest BCUT2D eigenvalue weighted by molar-refractivity contribution is -0.123. The number of carbonyl (C=O) groups excluding carboxylic acids is 1. The van der Waals surface area contributed by atoms with Crippen LogP contribution in [0.25, 0.3) is 0 Å².